The molecule has 0 aliphatic rings. The van der Waals surface area contributed by atoms with Gasteiger partial charge in [0.25, 0.3) is 0 Å². The number of hydrogen-bond acceptors (Lipinski definition) is 2. The normalized spacial score (nSPS) is 12.2. The summed E-state index contributed by atoms with van der Waals surface area (Å²) in [5.74, 6) is 0. The minimum absolute atomic E-state index is 0. The summed E-state index contributed by atoms with van der Waals surface area (Å²) in [6.07, 6.45) is 37.0. The van der Waals surface area contributed by atoms with Gasteiger partial charge in [-0.2, -0.15) is 0 Å². The summed E-state index contributed by atoms with van der Waals surface area (Å²) in [5.41, 5.74) is 9.28. The van der Waals surface area contributed by atoms with Gasteiger partial charge in [-0.05, 0) is 106 Å². The number of benzene rings is 2. The quantitative estimate of drug-likeness (QED) is 0.0476. The van der Waals surface area contributed by atoms with E-state index in [9.17, 15) is 0 Å². The molecular formula is C46H74N2Ni. The van der Waals surface area contributed by atoms with Crippen LogP contribution in [0.15, 0.2) is 58.5 Å². The van der Waals surface area contributed by atoms with Crippen molar-refractivity contribution < 1.29 is 16.5 Å². The molecule has 0 aliphatic heterocycles. The molecule has 0 spiro atoms. The summed E-state index contributed by atoms with van der Waals surface area (Å²) in [5, 5.41) is 0. The van der Waals surface area contributed by atoms with Gasteiger partial charge in [-0.1, -0.05) is 160 Å². The first-order valence-corrected chi connectivity index (χ1v) is 20.4. The first-order valence-electron chi connectivity index (χ1n) is 20.4. The predicted molar refractivity (Wildman–Crippen MR) is 217 cm³/mol. The van der Waals surface area contributed by atoms with E-state index in [0.29, 0.717) is 0 Å². The van der Waals surface area contributed by atoms with E-state index >= 15 is 0 Å². The maximum absolute atomic E-state index is 5.29. The van der Waals surface area contributed by atoms with Gasteiger partial charge in [-0.3, -0.25) is 4.99 Å². The Balaban J connectivity index is 0.0000120. The van der Waals surface area contributed by atoms with Crippen molar-refractivity contribution in [2.24, 2.45) is 9.98 Å². The molecule has 0 N–H and O–H groups in total. The molecule has 0 heterocycles. The number of aliphatic imine (C=N–C) groups is 2. The first kappa shape index (κ1) is 45.0. The standard InChI is InChI=1S/C46H74N2.Ni/c1-7-9-11-13-15-16-17-18-19-20-21-22-23-24-25-26-28-30-32-46(48-44-37-41(5)34-42(6)38-44)45(31-29-27-14-12-10-8-2)47-43-35-39(3)33-40(4)36-43;/h30,32-38H,7-29,31H2,1-6H3;/b32-30+,47-45+,48-46+;. The number of allylic oxidation sites excluding steroid dienone is 2. The Hall–Kier alpha value is -1.99. The van der Waals surface area contributed by atoms with Gasteiger partial charge in [-0.25, -0.2) is 4.99 Å². The molecule has 0 unspecified atom stereocenters. The average Bonchev–Trinajstić information content (AvgIpc) is 3.04. The van der Waals surface area contributed by atoms with Crippen LogP contribution in [0.1, 0.15) is 190 Å². The summed E-state index contributed by atoms with van der Waals surface area (Å²) in [4.78, 5) is 10.6. The van der Waals surface area contributed by atoms with Crippen LogP contribution in [0.25, 0.3) is 0 Å². The van der Waals surface area contributed by atoms with E-state index in [2.05, 4.69) is 90.1 Å². The molecule has 0 saturated heterocycles. The van der Waals surface area contributed by atoms with Crippen molar-refractivity contribution in [2.75, 3.05) is 0 Å². The monoisotopic (exact) mass is 713 g/mol. The van der Waals surface area contributed by atoms with Crippen molar-refractivity contribution in [1.82, 2.24) is 0 Å². The summed E-state index contributed by atoms with van der Waals surface area (Å²) in [6, 6.07) is 13.3. The summed E-state index contributed by atoms with van der Waals surface area (Å²) >= 11 is 0. The fourth-order valence-electron chi connectivity index (χ4n) is 6.84. The minimum Gasteiger partial charge on any atom is -0.251 e. The second-order valence-corrected chi connectivity index (χ2v) is 14.8. The zero-order chi connectivity index (χ0) is 34.7. The number of nitrogens with zero attached hydrogens (tertiary/aromatic N) is 2. The zero-order valence-electron chi connectivity index (χ0n) is 32.8. The maximum Gasteiger partial charge on any atom is 0.0848 e. The second-order valence-electron chi connectivity index (χ2n) is 14.8. The van der Waals surface area contributed by atoms with Crippen molar-refractivity contribution >= 4 is 22.8 Å². The van der Waals surface area contributed by atoms with Crippen molar-refractivity contribution in [2.45, 2.75) is 196 Å². The van der Waals surface area contributed by atoms with Gasteiger partial charge in [-0.15, -0.1) is 0 Å². The first-order chi connectivity index (χ1) is 23.4. The Morgan fingerprint density at radius 1 is 0.449 bits per heavy atom. The van der Waals surface area contributed by atoms with Crippen LogP contribution in [0.5, 0.6) is 0 Å². The predicted octanol–water partition coefficient (Wildman–Crippen LogP) is 15.7. The smallest absolute Gasteiger partial charge is 0.0848 e. The van der Waals surface area contributed by atoms with Crippen molar-refractivity contribution in [3.05, 3.63) is 70.8 Å². The van der Waals surface area contributed by atoms with Crippen molar-refractivity contribution in [3.63, 3.8) is 0 Å². The van der Waals surface area contributed by atoms with E-state index in [1.165, 1.54) is 157 Å². The van der Waals surface area contributed by atoms with Crippen LogP contribution in [0.4, 0.5) is 11.4 Å². The molecule has 278 valence electrons. The van der Waals surface area contributed by atoms with Crippen LogP contribution in [0.3, 0.4) is 0 Å². The van der Waals surface area contributed by atoms with Crippen LogP contribution in [-0.4, -0.2) is 11.4 Å². The van der Waals surface area contributed by atoms with Crippen LogP contribution in [0.2, 0.25) is 0 Å². The largest absolute Gasteiger partial charge is 0.251 e. The molecule has 2 aromatic rings. The van der Waals surface area contributed by atoms with Crippen molar-refractivity contribution in [3.8, 4) is 0 Å². The molecule has 3 heteroatoms. The van der Waals surface area contributed by atoms with Crippen LogP contribution >= 0.6 is 0 Å². The fourth-order valence-corrected chi connectivity index (χ4v) is 6.84. The number of aryl methyl sites for hydroxylation is 4. The molecule has 0 fully saturated rings. The molecule has 0 amide bonds. The van der Waals surface area contributed by atoms with Gasteiger partial charge in [0, 0.05) is 16.5 Å². The molecule has 0 saturated carbocycles. The Morgan fingerprint density at radius 2 is 0.796 bits per heavy atom. The Bertz CT molecular complexity index is 1170. The van der Waals surface area contributed by atoms with E-state index < -0.39 is 0 Å². The second kappa shape index (κ2) is 29.7. The van der Waals surface area contributed by atoms with Crippen LogP contribution < -0.4 is 0 Å². The molecule has 0 radical (unpaired) electrons. The molecule has 0 bridgehead atoms. The third-order valence-corrected chi connectivity index (χ3v) is 9.49. The molecule has 2 nitrogen and oxygen atoms in total. The summed E-state index contributed by atoms with van der Waals surface area (Å²) in [6.45, 7) is 13.3. The molecule has 2 aromatic carbocycles. The Labute approximate surface area is 314 Å². The molecule has 0 aliphatic carbocycles. The van der Waals surface area contributed by atoms with Crippen LogP contribution in [0, 0.1) is 27.7 Å². The van der Waals surface area contributed by atoms with Gasteiger partial charge in [0.2, 0.25) is 0 Å². The zero-order valence-corrected chi connectivity index (χ0v) is 33.8. The van der Waals surface area contributed by atoms with E-state index in [-0.39, 0.29) is 16.5 Å². The van der Waals surface area contributed by atoms with E-state index in [0.717, 1.165) is 42.1 Å². The molecule has 0 atom stereocenters. The Kier molecular flexibility index (Phi) is 27.3. The number of rotatable bonds is 28. The topological polar surface area (TPSA) is 24.7 Å². The summed E-state index contributed by atoms with van der Waals surface area (Å²) < 4.78 is 0. The minimum atomic E-state index is 0. The SMILES string of the molecule is CCCCCCCCCCCCCCCCCC/C=C/C(=N\c1cc(C)cc(C)c1)C(/CCCCCCCC)=N/c1cc(C)cc(C)c1.[Ni]. The van der Waals surface area contributed by atoms with Crippen LogP contribution in [-0.2, 0) is 16.5 Å². The van der Waals surface area contributed by atoms with Gasteiger partial charge in [0.1, 0.15) is 0 Å². The third-order valence-electron chi connectivity index (χ3n) is 9.49. The fraction of sp³-hybridized carbons (Fsp3) is 0.652. The Morgan fingerprint density at radius 3 is 1.20 bits per heavy atom. The van der Waals surface area contributed by atoms with Gasteiger partial charge >= 0.3 is 0 Å². The van der Waals surface area contributed by atoms with Gasteiger partial charge in [0.05, 0.1) is 22.8 Å². The maximum atomic E-state index is 5.29. The molecule has 0 aromatic heterocycles. The van der Waals surface area contributed by atoms with Crippen molar-refractivity contribution in [1.29, 1.82) is 0 Å². The molecule has 2 rings (SSSR count). The number of hydrogen-bond donors (Lipinski definition) is 0. The van der Waals surface area contributed by atoms with E-state index in [1.54, 1.807) is 0 Å². The van der Waals surface area contributed by atoms with E-state index in [1.807, 2.05) is 0 Å². The third kappa shape index (κ3) is 23.2. The summed E-state index contributed by atoms with van der Waals surface area (Å²) in [7, 11) is 0. The van der Waals surface area contributed by atoms with Gasteiger partial charge < -0.3 is 0 Å². The number of unbranched alkanes of at least 4 members (excludes halogenated alkanes) is 21. The van der Waals surface area contributed by atoms with E-state index in [4.69, 9.17) is 9.98 Å². The average molecular weight is 714 g/mol. The molecular weight excluding hydrogens is 639 g/mol. The van der Waals surface area contributed by atoms with Gasteiger partial charge in [0.15, 0.2) is 0 Å². The molecule has 49 heavy (non-hydrogen) atoms.